The minimum atomic E-state index is -4.57. The van der Waals surface area contributed by atoms with E-state index >= 15 is 0 Å². The molecule has 29 heavy (non-hydrogen) atoms. The van der Waals surface area contributed by atoms with Crippen LogP contribution in [0.3, 0.4) is 0 Å². The van der Waals surface area contributed by atoms with Crippen LogP contribution in [0.1, 0.15) is 17.5 Å². The van der Waals surface area contributed by atoms with Crippen molar-refractivity contribution < 1.29 is 23.1 Å². The lowest BCUT2D eigenvalue weighted by Crippen LogP contribution is -2.59. The molecule has 1 amide bonds. The van der Waals surface area contributed by atoms with Gasteiger partial charge in [0.1, 0.15) is 0 Å². The van der Waals surface area contributed by atoms with Gasteiger partial charge in [-0.1, -0.05) is 12.0 Å². The molecule has 0 spiro atoms. The molecule has 148 valence electrons. The summed E-state index contributed by atoms with van der Waals surface area (Å²) in [5.74, 6) is 2.76. The number of carbonyl (C=O) groups is 1. The topological polar surface area (TPSA) is 76.4 Å². The first-order valence-corrected chi connectivity index (χ1v) is 9.30. The molecule has 0 bridgehead atoms. The zero-order valence-corrected chi connectivity index (χ0v) is 15.8. The Morgan fingerprint density at radius 3 is 2.52 bits per heavy atom. The number of halogens is 3. The van der Waals surface area contributed by atoms with Crippen molar-refractivity contribution in [1.82, 2.24) is 10.2 Å². The highest BCUT2D eigenvalue weighted by molar-refractivity contribution is 7.25. The van der Waals surface area contributed by atoms with Crippen LogP contribution in [0.5, 0.6) is 0 Å². The van der Waals surface area contributed by atoms with E-state index in [0.29, 0.717) is 10.9 Å². The molecule has 4 rings (SSSR count). The van der Waals surface area contributed by atoms with Crippen molar-refractivity contribution >= 4 is 43.4 Å². The fourth-order valence-corrected chi connectivity index (χ4v) is 4.28. The summed E-state index contributed by atoms with van der Waals surface area (Å²) in [7, 11) is 1.44. The highest BCUT2D eigenvalue weighted by Gasteiger charge is 2.40. The van der Waals surface area contributed by atoms with Gasteiger partial charge in [-0.25, -0.2) is 0 Å². The van der Waals surface area contributed by atoms with E-state index in [1.54, 1.807) is 30.3 Å². The van der Waals surface area contributed by atoms with Gasteiger partial charge in [-0.2, -0.15) is 13.2 Å². The summed E-state index contributed by atoms with van der Waals surface area (Å²) >= 11 is 1.46. The summed E-state index contributed by atoms with van der Waals surface area (Å²) < 4.78 is 38.9. The fourth-order valence-electron chi connectivity index (χ4n) is 3.22. The molecule has 3 aromatic rings. The maximum Gasteiger partial charge on any atom is 0.458 e. The molecule has 9 heteroatoms. The van der Waals surface area contributed by atoms with E-state index in [1.807, 2.05) is 0 Å². The Bertz CT molecular complexity index is 1220. The zero-order chi connectivity index (χ0) is 21.0. The number of carbonyl (C=O) groups excluding carboxylic acids is 1. The van der Waals surface area contributed by atoms with E-state index in [-0.39, 0.29) is 17.9 Å². The monoisotopic (exact) mass is 417 g/mol. The quantitative estimate of drug-likeness (QED) is 0.531. The number of thiophene rings is 1. The van der Waals surface area contributed by atoms with Crippen LogP contribution < -0.4 is 5.32 Å². The molecule has 0 saturated carbocycles. The third kappa shape index (κ3) is 3.52. The van der Waals surface area contributed by atoms with Crippen LogP contribution in [0, 0.1) is 17.3 Å². The number of amides is 1. The average Bonchev–Trinajstić information content (AvgIpc) is 3.01. The Labute approximate surface area is 167 Å². The number of hydrogen-bond donors (Lipinski definition) is 3. The number of nitrogens with one attached hydrogen (secondary N) is 2. The summed E-state index contributed by atoms with van der Waals surface area (Å²) in [6, 6.07) is 9.96. The van der Waals surface area contributed by atoms with E-state index in [0.717, 1.165) is 19.7 Å². The van der Waals surface area contributed by atoms with Gasteiger partial charge in [0.25, 0.3) is 0 Å². The van der Waals surface area contributed by atoms with Gasteiger partial charge >= 0.3 is 6.18 Å². The van der Waals surface area contributed by atoms with Crippen LogP contribution in [0.15, 0.2) is 36.4 Å². The molecule has 1 atom stereocenters. The third-order valence-corrected chi connectivity index (χ3v) is 5.89. The van der Waals surface area contributed by atoms with E-state index < -0.39 is 17.8 Å². The molecule has 1 aromatic heterocycles. The van der Waals surface area contributed by atoms with Crippen molar-refractivity contribution in [3.8, 4) is 11.8 Å². The maximum absolute atomic E-state index is 12.4. The standard InChI is InChI=1S/C20H14F3N3O2S/c1-26-17(27)10-19(28,25-18(26)24)12-3-5-16-14(9-12)13-8-11(2-4-15(13)29-16)6-7-20(21,22)23/h2-5,8-9,28H,10H2,1H3,(H2,24,25)/t19-/m1/s1. The molecule has 0 radical (unpaired) electrons. The first-order chi connectivity index (χ1) is 13.6. The largest absolute Gasteiger partial charge is 0.458 e. The minimum Gasteiger partial charge on any atom is -0.366 e. The predicted octanol–water partition coefficient (Wildman–Crippen LogP) is 3.50. The van der Waals surface area contributed by atoms with E-state index in [9.17, 15) is 23.1 Å². The number of nitrogens with zero attached hydrogens (tertiary/aromatic N) is 1. The second kappa shape index (κ2) is 6.47. The molecule has 1 aliphatic rings. The van der Waals surface area contributed by atoms with Crippen molar-refractivity contribution in [3.05, 3.63) is 47.5 Å². The molecule has 3 N–H and O–H groups in total. The molecule has 1 saturated heterocycles. The Kier molecular flexibility index (Phi) is 4.29. The molecule has 1 fully saturated rings. The van der Waals surface area contributed by atoms with Crippen LogP contribution in [0.4, 0.5) is 13.2 Å². The lowest BCUT2D eigenvalue weighted by Gasteiger charge is -2.38. The highest BCUT2D eigenvalue weighted by atomic mass is 32.1. The molecular weight excluding hydrogens is 403 g/mol. The second-order valence-electron chi connectivity index (χ2n) is 6.74. The van der Waals surface area contributed by atoms with Gasteiger partial charge in [-0.05, 0) is 30.3 Å². The molecule has 5 nitrogen and oxygen atoms in total. The van der Waals surface area contributed by atoms with Crippen molar-refractivity contribution in [3.63, 3.8) is 0 Å². The maximum atomic E-state index is 12.4. The fraction of sp³-hybridized carbons (Fsp3) is 0.200. The molecular formula is C20H14F3N3O2S. The van der Waals surface area contributed by atoms with Crippen LogP contribution >= 0.6 is 11.3 Å². The summed E-state index contributed by atoms with van der Waals surface area (Å²) in [5, 5.41) is 22.9. The number of aliphatic hydroxyl groups is 1. The van der Waals surface area contributed by atoms with Crippen LogP contribution in [-0.2, 0) is 10.5 Å². The van der Waals surface area contributed by atoms with Gasteiger partial charge in [0.15, 0.2) is 11.7 Å². The minimum absolute atomic E-state index is 0.219. The molecule has 0 unspecified atom stereocenters. The predicted molar refractivity (Wildman–Crippen MR) is 104 cm³/mol. The molecule has 2 aromatic carbocycles. The van der Waals surface area contributed by atoms with Gasteiger partial charge < -0.3 is 10.4 Å². The van der Waals surface area contributed by atoms with Crippen molar-refractivity contribution in [2.45, 2.75) is 18.3 Å². The van der Waals surface area contributed by atoms with Gasteiger partial charge in [-0.3, -0.25) is 15.1 Å². The van der Waals surface area contributed by atoms with Crippen molar-refractivity contribution in [2.24, 2.45) is 0 Å². The van der Waals surface area contributed by atoms with E-state index in [4.69, 9.17) is 5.41 Å². The Balaban J connectivity index is 1.82. The van der Waals surface area contributed by atoms with Crippen LogP contribution in [0.2, 0.25) is 0 Å². The first-order valence-electron chi connectivity index (χ1n) is 8.48. The Morgan fingerprint density at radius 2 is 1.86 bits per heavy atom. The van der Waals surface area contributed by atoms with Crippen LogP contribution in [-0.4, -0.2) is 35.1 Å². The SMILES string of the molecule is CN1C(=N)N[C@](O)(c2ccc3sc4ccc(C#CC(F)(F)F)cc4c3c2)CC1=O. The number of benzene rings is 2. The third-order valence-electron chi connectivity index (χ3n) is 4.74. The van der Waals surface area contributed by atoms with Crippen molar-refractivity contribution in [2.75, 3.05) is 7.05 Å². The van der Waals surface area contributed by atoms with E-state index in [2.05, 4.69) is 11.2 Å². The van der Waals surface area contributed by atoms with Gasteiger partial charge in [0.05, 0.1) is 6.42 Å². The van der Waals surface area contributed by atoms with Gasteiger partial charge in [0.2, 0.25) is 5.91 Å². The smallest absolute Gasteiger partial charge is 0.366 e. The lowest BCUT2D eigenvalue weighted by molar-refractivity contribution is -0.136. The Hall–Kier alpha value is -3.09. The summed E-state index contributed by atoms with van der Waals surface area (Å²) in [6.45, 7) is 0. The average molecular weight is 417 g/mol. The Morgan fingerprint density at radius 1 is 1.21 bits per heavy atom. The molecule has 0 aliphatic carbocycles. The summed E-state index contributed by atoms with van der Waals surface area (Å²) in [6.07, 6.45) is -4.82. The second-order valence-corrected chi connectivity index (χ2v) is 7.82. The normalized spacial score (nSPS) is 20.0. The number of guanidine groups is 1. The van der Waals surface area contributed by atoms with Gasteiger partial charge in [0, 0.05) is 44.3 Å². The number of hydrogen-bond acceptors (Lipinski definition) is 4. The van der Waals surface area contributed by atoms with Gasteiger partial charge in [-0.15, -0.1) is 11.3 Å². The van der Waals surface area contributed by atoms with Crippen LogP contribution in [0.25, 0.3) is 20.2 Å². The summed E-state index contributed by atoms with van der Waals surface area (Å²) in [5.41, 5.74) is -1.12. The number of rotatable bonds is 1. The van der Waals surface area contributed by atoms with E-state index in [1.165, 1.54) is 30.4 Å². The van der Waals surface area contributed by atoms with Crippen molar-refractivity contribution in [1.29, 1.82) is 5.41 Å². The zero-order valence-electron chi connectivity index (χ0n) is 15.0. The molecule has 2 heterocycles. The molecule has 1 aliphatic heterocycles. The summed E-state index contributed by atoms with van der Waals surface area (Å²) in [4.78, 5) is 13.2. The lowest BCUT2D eigenvalue weighted by atomic mass is 9.95. The number of fused-ring (bicyclic) bond motifs is 3. The first kappa shape index (κ1) is 19.2. The number of alkyl halides is 3. The highest BCUT2D eigenvalue weighted by Crippen LogP contribution is 2.37.